The van der Waals surface area contributed by atoms with Crippen LogP contribution in [0.5, 0.6) is 0 Å². The molecule has 23 heavy (non-hydrogen) atoms. The third-order valence-corrected chi connectivity index (χ3v) is 2.73. The Morgan fingerprint density at radius 3 is 2.22 bits per heavy atom. The number of aromatic amines is 2. The number of hydrogen-bond donors (Lipinski definition) is 3. The summed E-state index contributed by atoms with van der Waals surface area (Å²) in [7, 11) is 0. The van der Waals surface area contributed by atoms with E-state index in [1.165, 1.54) is 25.3 Å². The van der Waals surface area contributed by atoms with E-state index in [9.17, 15) is 4.79 Å². The van der Waals surface area contributed by atoms with Crippen LogP contribution in [-0.2, 0) is 0 Å². The van der Waals surface area contributed by atoms with E-state index in [0.29, 0.717) is 28.1 Å². The maximum atomic E-state index is 10.6. The molecule has 11 nitrogen and oxygen atoms in total. The quantitative estimate of drug-likeness (QED) is 0.440. The highest BCUT2D eigenvalue weighted by atomic mass is 16.4. The van der Waals surface area contributed by atoms with Gasteiger partial charge in [0.1, 0.15) is 17.4 Å². The molecule has 0 unspecified atom stereocenters. The van der Waals surface area contributed by atoms with E-state index in [-0.39, 0.29) is 5.69 Å². The van der Waals surface area contributed by atoms with Crippen LogP contribution < -0.4 is 0 Å². The number of aromatic carboxylic acids is 1. The maximum absolute atomic E-state index is 10.6. The van der Waals surface area contributed by atoms with Gasteiger partial charge in [-0.05, 0) is 0 Å². The Balaban J connectivity index is 0.000000136. The summed E-state index contributed by atoms with van der Waals surface area (Å²) >= 11 is 0. The molecule has 0 atom stereocenters. The highest BCUT2D eigenvalue weighted by molar-refractivity contribution is 5.97. The number of hydrogen-bond acceptors (Lipinski definition) is 7. The fraction of sp³-hybridized carbons (Fsp3) is 0. The maximum Gasteiger partial charge on any atom is 0.356 e. The van der Waals surface area contributed by atoms with Crippen molar-refractivity contribution >= 4 is 34.1 Å². The molecule has 0 bridgehead atoms. The second-order valence-electron chi connectivity index (χ2n) is 4.04. The van der Waals surface area contributed by atoms with Gasteiger partial charge in [-0.3, -0.25) is 0 Å². The van der Waals surface area contributed by atoms with E-state index in [1.54, 1.807) is 0 Å². The fourth-order valence-corrected chi connectivity index (χ4v) is 1.76. The van der Waals surface area contributed by atoms with E-state index in [1.807, 2.05) is 0 Å². The van der Waals surface area contributed by atoms with Crippen LogP contribution in [0.4, 0.5) is 5.82 Å². The predicted octanol–water partition coefficient (Wildman–Crippen LogP) is 0.955. The lowest BCUT2D eigenvalue weighted by Gasteiger charge is -1.92. The van der Waals surface area contributed by atoms with E-state index in [0.717, 1.165) is 0 Å². The average Bonchev–Trinajstić information content (AvgIpc) is 3.23. The number of aromatic nitrogens is 8. The lowest BCUT2D eigenvalue weighted by atomic mass is 10.4. The summed E-state index contributed by atoms with van der Waals surface area (Å²) in [6.45, 7) is 6.75. The number of H-pyrrole nitrogens is 2. The monoisotopic (exact) mass is 309 g/mol. The van der Waals surface area contributed by atoms with Gasteiger partial charge in [-0.15, -0.1) is 4.98 Å². The normalized spacial score (nSPS) is 10.0. The minimum Gasteiger partial charge on any atom is -0.476 e. The molecule has 0 aliphatic heterocycles. The highest BCUT2D eigenvalue weighted by Gasteiger charge is 2.11. The molecule has 0 radical (unpaired) electrons. The third kappa shape index (κ3) is 2.63. The fourth-order valence-electron chi connectivity index (χ4n) is 1.76. The minimum atomic E-state index is -1.09. The van der Waals surface area contributed by atoms with Crippen molar-refractivity contribution in [3.63, 3.8) is 0 Å². The molecule has 4 heterocycles. The van der Waals surface area contributed by atoms with E-state index in [2.05, 4.69) is 44.7 Å². The van der Waals surface area contributed by atoms with E-state index < -0.39 is 5.97 Å². The summed E-state index contributed by atoms with van der Waals surface area (Å²) in [5.74, 6) is -0.779. The van der Waals surface area contributed by atoms with Crippen molar-refractivity contribution in [2.75, 3.05) is 0 Å². The number of carbonyl (C=O) groups is 1. The van der Waals surface area contributed by atoms with Crippen molar-refractivity contribution in [2.45, 2.75) is 0 Å². The molecule has 0 aromatic carbocycles. The summed E-state index contributed by atoms with van der Waals surface area (Å²) in [4.78, 5) is 41.9. The van der Waals surface area contributed by atoms with Gasteiger partial charge in [-0.2, -0.15) is 4.98 Å². The van der Waals surface area contributed by atoms with Gasteiger partial charge in [0.2, 0.25) is 6.33 Å². The van der Waals surface area contributed by atoms with Crippen molar-refractivity contribution in [1.29, 1.82) is 0 Å². The Hall–Kier alpha value is -3.94. The van der Waals surface area contributed by atoms with Crippen molar-refractivity contribution in [3.05, 3.63) is 42.4 Å². The molecule has 0 saturated heterocycles. The molecule has 112 valence electrons. The SMILES string of the molecule is O=C(O)c1ncnc2nc[nH]c12.[C-]#[N+]c1ncnc2nc[nH]c12. The second-order valence-corrected chi connectivity index (χ2v) is 4.04. The molecule has 4 rings (SSSR count). The summed E-state index contributed by atoms with van der Waals surface area (Å²) < 4.78 is 0. The van der Waals surface area contributed by atoms with Crippen LogP contribution in [0.1, 0.15) is 10.5 Å². The number of carboxylic acids is 1. The molecular formula is C12H7N9O2. The Kier molecular flexibility index (Phi) is 3.54. The number of rotatable bonds is 1. The van der Waals surface area contributed by atoms with Crippen LogP contribution in [0.2, 0.25) is 0 Å². The molecule has 11 heteroatoms. The first-order chi connectivity index (χ1) is 11.2. The van der Waals surface area contributed by atoms with Crippen LogP contribution in [0.3, 0.4) is 0 Å². The standard InChI is InChI=1S/C6H3N5.C6H4N4O2/c1-7-5-4-6(10-2-8-4)11-3-9-5;11-6(12)4-3-5(9-1-7-3)10-2-8-4/h2-3H,(H,8,9,10,11);1-2H,(H,11,12)(H,7,8,9,10). The molecule has 0 saturated carbocycles. The zero-order chi connectivity index (χ0) is 16.2. The molecule has 0 amide bonds. The van der Waals surface area contributed by atoms with Gasteiger partial charge in [-0.25, -0.2) is 24.7 Å². The van der Waals surface area contributed by atoms with Gasteiger partial charge in [0, 0.05) is 0 Å². The van der Waals surface area contributed by atoms with Gasteiger partial charge < -0.3 is 19.9 Å². The summed E-state index contributed by atoms with van der Waals surface area (Å²) in [6.07, 6.45) is 5.38. The van der Waals surface area contributed by atoms with Crippen molar-refractivity contribution in [2.24, 2.45) is 0 Å². The second kappa shape index (κ2) is 5.82. The van der Waals surface area contributed by atoms with Gasteiger partial charge in [0.25, 0.3) is 5.82 Å². The smallest absolute Gasteiger partial charge is 0.356 e. The highest BCUT2D eigenvalue weighted by Crippen LogP contribution is 2.16. The Bertz CT molecular complexity index is 1030. The molecule has 0 spiro atoms. The summed E-state index contributed by atoms with van der Waals surface area (Å²) in [5, 5.41) is 8.66. The molecule has 0 aliphatic carbocycles. The van der Waals surface area contributed by atoms with Crippen LogP contribution in [0.15, 0.2) is 25.3 Å². The number of imidazole rings is 2. The van der Waals surface area contributed by atoms with Crippen molar-refractivity contribution in [3.8, 4) is 0 Å². The zero-order valence-electron chi connectivity index (χ0n) is 11.3. The molecule has 4 aromatic rings. The number of nitrogens with zero attached hydrogens (tertiary/aromatic N) is 7. The van der Waals surface area contributed by atoms with Crippen molar-refractivity contribution < 1.29 is 9.90 Å². The van der Waals surface area contributed by atoms with Gasteiger partial charge in [0.15, 0.2) is 17.0 Å². The Labute approximate surface area is 127 Å². The van der Waals surface area contributed by atoms with Gasteiger partial charge in [0.05, 0.1) is 12.7 Å². The van der Waals surface area contributed by atoms with Gasteiger partial charge >= 0.3 is 5.97 Å². The van der Waals surface area contributed by atoms with E-state index in [4.69, 9.17) is 11.7 Å². The zero-order valence-corrected chi connectivity index (χ0v) is 11.3. The van der Waals surface area contributed by atoms with Crippen LogP contribution >= 0.6 is 0 Å². The molecule has 0 fully saturated rings. The van der Waals surface area contributed by atoms with E-state index >= 15 is 0 Å². The third-order valence-electron chi connectivity index (χ3n) is 2.73. The Morgan fingerprint density at radius 1 is 0.957 bits per heavy atom. The Morgan fingerprint density at radius 2 is 1.57 bits per heavy atom. The molecule has 4 aromatic heterocycles. The number of nitrogens with one attached hydrogen (secondary N) is 2. The van der Waals surface area contributed by atoms with Crippen molar-refractivity contribution in [1.82, 2.24) is 39.9 Å². The lowest BCUT2D eigenvalue weighted by molar-refractivity contribution is 0.0692. The van der Waals surface area contributed by atoms with Gasteiger partial charge in [-0.1, -0.05) is 6.57 Å². The number of carboxylic acid groups (broad SMARTS) is 1. The largest absolute Gasteiger partial charge is 0.476 e. The molecule has 3 N–H and O–H groups in total. The molecular weight excluding hydrogens is 302 g/mol. The minimum absolute atomic E-state index is 0.0579. The topological polar surface area (TPSA) is 151 Å². The first-order valence-corrected chi connectivity index (χ1v) is 6.09. The van der Waals surface area contributed by atoms with Crippen LogP contribution in [0, 0.1) is 6.57 Å². The van der Waals surface area contributed by atoms with Crippen LogP contribution in [0.25, 0.3) is 27.2 Å². The summed E-state index contributed by atoms with van der Waals surface area (Å²) in [6, 6.07) is 0. The first-order valence-electron chi connectivity index (χ1n) is 6.09. The predicted molar refractivity (Wildman–Crippen MR) is 76.6 cm³/mol. The first kappa shape index (κ1) is 14.0. The average molecular weight is 309 g/mol. The molecule has 0 aliphatic rings. The number of fused-ring (bicyclic) bond motifs is 2. The van der Waals surface area contributed by atoms with Crippen LogP contribution in [-0.4, -0.2) is 50.9 Å². The lowest BCUT2D eigenvalue weighted by Crippen LogP contribution is -2.01. The summed E-state index contributed by atoms with van der Waals surface area (Å²) in [5.41, 5.74) is 1.79.